The maximum absolute atomic E-state index is 11.0. The van der Waals surface area contributed by atoms with E-state index in [1.807, 2.05) is 0 Å². The lowest BCUT2D eigenvalue weighted by atomic mass is 10.0. The van der Waals surface area contributed by atoms with Gasteiger partial charge in [-0.3, -0.25) is 9.78 Å². The van der Waals surface area contributed by atoms with Crippen molar-refractivity contribution in [2.24, 2.45) is 0 Å². The van der Waals surface area contributed by atoms with Crippen LogP contribution in [-0.4, -0.2) is 52.3 Å². The third-order valence-electron chi connectivity index (χ3n) is 3.03. The van der Waals surface area contributed by atoms with Crippen molar-refractivity contribution in [1.29, 1.82) is 0 Å². The van der Waals surface area contributed by atoms with Crippen LogP contribution in [0.25, 0.3) is 0 Å². The zero-order chi connectivity index (χ0) is 13.3. The monoisotopic (exact) mass is 257 g/mol. The Morgan fingerprint density at radius 1 is 1.50 bits per heavy atom. The number of nitrogens with one attached hydrogen (secondary N) is 1. The van der Waals surface area contributed by atoms with Crippen LogP contribution in [-0.2, 0) is 9.47 Å². The van der Waals surface area contributed by atoms with Crippen LogP contribution in [0.5, 0.6) is 5.88 Å². The minimum absolute atomic E-state index is 0.302. The van der Waals surface area contributed by atoms with Gasteiger partial charge in [0.15, 0.2) is 5.88 Å². The number of H-pyrrole nitrogens is 1. The van der Waals surface area contributed by atoms with Gasteiger partial charge in [0.2, 0.25) is 0 Å². The van der Waals surface area contributed by atoms with Crippen LogP contribution < -0.4 is 5.56 Å². The van der Waals surface area contributed by atoms with Crippen LogP contribution in [0.2, 0.25) is 0 Å². The normalized spacial score (nSPS) is 31.7. The first-order chi connectivity index (χ1) is 8.58. The van der Waals surface area contributed by atoms with Crippen molar-refractivity contribution < 1.29 is 24.8 Å². The average molecular weight is 257 g/mol. The van der Waals surface area contributed by atoms with E-state index >= 15 is 0 Å². The molecule has 0 bridgehead atoms. The number of methoxy groups -OCH3 is 1. The van der Waals surface area contributed by atoms with Gasteiger partial charge < -0.3 is 24.8 Å². The highest BCUT2D eigenvalue weighted by Gasteiger charge is 2.45. The van der Waals surface area contributed by atoms with Crippen molar-refractivity contribution >= 4 is 0 Å². The number of aromatic hydroxyl groups is 1. The predicted octanol–water partition coefficient (Wildman–Crippen LogP) is -1.11. The van der Waals surface area contributed by atoms with Crippen molar-refractivity contribution in [3.8, 4) is 5.88 Å². The minimum atomic E-state index is -1.00. The summed E-state index contributed by atoms with van der Waals surface area (Å²) < 4.78 is 10.5. The SMILES string of the molecule is CO[C@@H]1[C@H](O)[C@@H](CO)O[C@H]1c1ccc(=O)[nH]c1O. The lowest BCUT2D eigenvalue weighted by molar-refractivity contribution is -0.0243. The molecule has 1 aromatic heterocycles. The highest BCUT2D eigenvalue weighted by Crippen LogP contribution is 2.37. The molecule has 1 aromatic rings. The summed E-state index contributed by atoms with van der Waals surface area (Å²) in [6.45, 7) is -0.359. The topological polar surface area (TPSA) is 112 Å². The van der Waals surface area contributed by atoms with E-state index < -0.39 is 30.0 Å². The fourth-order valence-corrected chi connectivity index (χ4v) is 2.11. The molecule has 0 aromatic carbocycles. The second kappa shape index (κ2) is 5.07. The molecule has 2 heterocycles. The molecule has 1 aliphatic heterocycles. The Morgan fingerprint density at radius 2 is 2.22 bits per heavy atom. The molecule has 0 amide bonds. The molecule has 7 heteroatoms. The summed E-state index contributed by atoms with van der Waals surface area (Å²) >= 11 is 0. The molecule has 0 spiro atoms. The Labute approximate surface area is 103 Å². The van der Waals surface area contributed by atoms with Gasteiger partial charge in [0.25, 0.3) is 5.56 Å². The van der Waals surface area contributed by atoms with Crippen LogP contribution in [0.1, 0.15) is 11.7 Å². The molecular formula is C11H15NO6. The number of hydrogen-bond acceptors (Lipinski definition) is 6. The summed E-state index contributed by atoms with van der Waals surface area (Å²) in [6.07, 6.45) is -3.26. The number of pyridine rings is 1. The van der Waals surface area contributed by atoms with E-state index in [4.69, 9.17) is 14.6 Å². The third kappa shape index (κ3) is 2.13. The summed E-state index contributed by atoms with van der Waals surface area (Å²) in [4.78, 5) is 13.2. The predicted molar refractivity (Wildman–Crippen MR) is 60.2 cm³/mol. The highest BCUT2D eigenvalue weighted by atomic mass is 16.6. The molecule has 100 valence electrons. The molecule has 4 atom stereocenters. The number of aliphatic hydroxyl groups excluding tert-OH is 2. The summed E-state index contributed by atoms with van der Waals surface area (Å²) in [5.74, 6) is -0.333. The first-order valence-electron chi connectivity index (χ1n) is 5.48. The second-order valence-electron chi connectivity index (χ2n) is 4.10. The van der Waals surface area contributed by atoms with E-state index in [0.717, 1.165) is 0 Å². The van der Waals surface area contributed by atoms with Crippen molar-refractivity contribution in [2.75, 3.05) is 13.7 Å². The molecule has 4 N–H and O–H groups in total. The summed E-state index contributed by atoms with van der Waals surface area (Å²) in [5.41, 5.74) is -0.140. The van der Waals surface area contributed by atoms with Crippen LogP contribution in [0.15, 0.2) is 16.9 Å². The molecule has 1 aliphatic rings. The molecule has 18 heavy (non-hydrogen) atoms. The van der Waals surface area contributed by atoms with Gasteiger partial charge in [0.1, 0.15) is 24.4 Å². The Bertz CT molecular complexity index is 473. The van der Waals surface area contributed by atoms with Gasteiger partial charge in [-0.15, -0.1) is 0 Å². The Hall–Kier alpha value is -1.41. The molecule has 1 fully saturated rings. The van der Waals surface area contributed by atoms with E-state index in [0.29, 0.717) is 5.56 Å². The highest BCUT2D eigenvalue weighted by molar-refractivity contribution is 5.29. The number of aromatic amines is 1. The van der Waals surface area contributed by atoms with Gasteiger partial charge >= 0.3 is 0 Å². The van der Waals surface area contributed by atoms with Crippen molar-refractivity contribution in [3.05, 3.63) is 28.0 Å². The Balaban J connectivity index is 2.34. The number of ether oxygens (including phenoxy) is 2. The molecule has 0 unspecified atom stereocenters. The maximum Gasteiger partial charge on any atom is 0.250 e. The van der Waals surface area contributed by atoms with Crippen molar-refractivity contribution in [2.45, 2.75) is 24.4 Å². The molecule has 1 saturated heterocycles. The zero-order valence-electron chi connectivity index (χ0n) is 9.74. The smallest absolute Gasteiger partial charge is 0.250 e. The fourth-order valence-electron chi connectivity index (χ4n) is 2.11. The summed E-state index contributed by atoms with van der Waals surface area (Å²) in [6, 6.07) is 2.64. The van der Waals surface area contributed by atoms with Gasteiger partial charge in [-0.25, -0.2) is 0 Å². The number of hydrogen-bond donors (Lipinski definition) is 4. The van der Waals surface area contributed by atoms with E-state index in [2.05, 4.69) is 4.98 Å². The first kappa shape index (κ1) is 13.0. The van der Waals surface area contributed by atoms with Gasteiger partial charge in [0.05, 0.1) is 6.61 Å². The van der Waals surface area contributed by atoms with E-state index in [1.165, 1.54) is 19.2 Å². The van der Waals surface area contributed by atoms with Crippen LogP contribution in [0.3, 0.4) is 0 Å². The molecule has 0 saturated carbocycles. The molecule has 0 radical (unpaired) electrons. The lowest BCUT2D eigenvalue weighted by Crippen LogP contribution is -2.33. The molecule has 2 rings (SSSR count). The standard InChI is InChI=1S/C11H15NO6/c1-17-10-8(15)6(4-13)18-9(10)5-2-3-7(14)12-11(5)16/h2-3,6,8-10,13,15H,4H2,1H3,(H2,12,14,16)/t6-,8-,9+,10-/m1/s1. The van der Waals surface area contributed by atoms with Gasteiger partial charge in [-0.2, -0.15) is 0 Å². The third-order valence-corrected chi connectivity index (χ3v) is 3.03. The van der Waals surface area contributed by atoms with Crippen LogP contribution >= 0.6 is 0 Å². The minimum Gasteiger partial charge on any atom is -0.494 e. The maximum atomic E-state index is 11.0. The Morgan fingerprint density at radius 3 is 2.78 bits per heavy atom. The Kier molecular flexibility index (Phi) is 3.67. The zero-order valence-corrected chi connectivity index (χ0v) is 9.74. The quantitative estimate of drug-likeness (QED) is 0.546. The molecule has 0 aliphatic carbocycles. The average Bonchev–Trinajstić information content (AvgIpc) is 2.65. The number of aliphatic hydroxyl groups is 2. The molecule has 7 nitrogen and oxygen atoms in total. The number of aromatic nitrogens is 1. The van der Waals surface area contributed by atoms with E-state index in [1.54, 1.807) is 0 Å². The van der Waals surface area contributed by atoms with Crippen LogP contribution in [0.4, 0.5) is 0 Å². The van der Waals surface area contributed by atoms with E-state index in [9.17, 15) is 15.0 Å². The van der Waals surface area contributed by atoms with Crippen LogP contribution in [0, 0.1) is 0 Å². The first-order valence-corrected chi connectivity index (χ1v) is 5.48. The van der Waals surface area contributed by atoms with Gasteiger partial charge in [0, 0.05) is 18.7 Å². The fraction of sp³-hybridized carbons (Fsp3) is 0.545. The number of rotatable bonds is 3. The second-order valence-corrected chi connectivity index (χ2v) is 4.10. The van der Waals surface area contributed by atoms with E-state index in [-0.39, 0.29) is 12.5 Å². The lowest BCUT2D eigenvalue weighted by Gasteiger charge is -2.19. The summed E-state index contributed by atoms with van der Waals surface area (Å²) in [5, 5.41) is 28.6. The summed E-state index contributed by atoms with van der Waals surface area (Å²) in [7, 11) is 1.40. The van der Waals surface area contributed by atoms with Crippen molar-refractivity contribution in [3.63, 3.8) is 0 Å². The largest absolute Gasteiger partial charge is 0.494 e. The van der Waals surface area contributed by atoms with Gasteiger partial charge in [-0.1, -0.05) is 0 Å². The molecular weight excluding hydrogens is 242 g/mol. The van der Waals surface area contributed by atoms with Crippen molar-refractivity contribution in [1.82, 2.24) is 4.98 Å². The van der Waals surface area contributed by atoms with Gasteiger partial charge in [-0.05, 0) is 6.07 Å².